The van der Waals surface area contributed by atoms with Gasteiger partial charge < -0.3 is 15.4 Å². The normalized spacial score (nSPS) is 10.8. The largest absolute Gasteiger partial charge is 0.497 e. The molecule has 4 rings (SSSR count). The predicted octanol–water partition coefficient (Wildman–Crippen LogP) is 4.32. The Bertz CT molecular complexity index is 1470. The van der Waals surface area contributed by atoms with Crippen molar-refractivity contribution in [3.05, 3.63) is 94.3 Å². The topological polar surface area (TPSA) is 102 Å². The van der Waals surface area contributed by atoms with E-state index in [0.29, 0.717) is 39.6 Å². The van der Waals surface area contributed by atoms with Crippen LogP contribution in [0.1, 0.15) is 29.3 Å². The fraction of sp³-hybridized carbons (Fsp3) is 0.214. The zero-order valence-electron chi connectivity index (χ0n) is 20.7. The molecule has 1 aromatic heterocycles. The number of hydrogen-bond acceptors (Lipinski definition) is 6. The molecule has 8 nitrogen and oxygen atoms in total. The second-order valence-corrected chi connectivity index (χ2v) is 9.27. The monoisotopic (exact) mass is 516 g/mol. The van der Waals surface area contributed by atoms with E-state index in [1.807, 2.05) is 25.1 Å². The van der Waals surface area contributed by atoms with Gasteiger partial charge in [0.1, 0.15) is 5.75 Å². The molecule has 0 spiro atoms. The summed E-state index contributed by atoms with van der Waals surface area (Å²) in [5.41, 5.74) is 2.41. The molecule has 0 fully saturated rings. The second kappa shape index (κ2) is 12.2. The molecule has 0 saturated heterocycles. The van der Waals surface area contributed by atoms with E-state index in [0.717, 1.165) is 12.0 Å². The van der Waals surface area contributed by atoms with E-state index in [1.165, 1.54) is 11.8 Å². The lowest BCUT2D eigenvalue weighted by Gasteiger charge is -2.14. The van der Waals surface area contributed by atoms with Crippen LogP contribution in [-0.2, 0) is 11.3 Å². The summed E-state index contributed by atoms with van der Waals surface area (Å²) in [4.78, 5) is 42.9. The number of aromatic nitrogens is 2. The van der Waals surface area contributed by atoms with E-state index < -0.39 is 0 Å². The summed E-state index contributed by atoms with van der Waals surface area (Å²) in [7, 11) is 1.57. The van der Waals surface area contributed by atoms with Crippen molar-refractivity contribution in [3.8, 4) is 5.75 Å². The molecule has 190 valence electrons. The van der Waals surface area contributed by atoms with Crippen LogP contribution in [0.25, 0.3) is 10.9 Å². The number of anilines is 1. The first kappa shape index (κ1) is 26.0. The van der Waals surface area contributed by atoms with Crippen LogP contribution < -0.4 is 20.9 Å². The van der Waals surface area contributed by atoms with Crippen LogP contribution in [0.5, 0.6) is 5.75 Å². The number of nitrogens with zero attached hydrogens (tertiary/aromatic N) is 2. The summed E-state index contributed by atoms with van der Waals surface area (Å²) in [6.07, 6.45) is 0.861. The first-order chi connectivity index (χ1) is 18.0. The number of ether oxygens (including phenoxy) is 1. The van der Waals surface area contributed by atoms with Gasteiger partial charge in [0.2, 0.25) is 5.91 Å². The maximum atomic E-state index is 13.4. The van der Waals surface area contributed by atoms with Crippen molar-refractivity contribution in [2.45, 2.75) is 25.0 Å². The van der Waals surface area contributed by atoms with E-state index in [1.54, 1.807) is 66.3 Å². The third-order valence-corrected chi connectivity index (χ3v) is 6.58. The molecule has 0 aliphatic rings. The molecule has 0 aliphatic carbocycles. The minimum atomic E-state index is -0.227. The number of benzene rings is 3. The Hall–Kier alpha value is -4.11. The van der Waals surface area contributed by atoms with Gasteiger partial charge in [-0.3, -0.25) is 19.0 Å². The minimum Gasteiger partial charge on any atom is -0.497 e. The predicted molar refractivity (Wildman–Crippen MR) is 147 cm³/mol. The fourth-order valence-corrected chi connectivity index (χ4v) is 4.51. The van der Waals surface area contributed by atoms with Gasteiger partial charge in [-0.15, -0.1) is 0 Å². The standard InChI is InChI=1S/C28H28N4O4S/c1-3-15-29-26(34)20-13-11-19(12-14-20)17-32-27(35)23-9-4-5-10-24(23)31-28(32)37-18-25(33)30-21-7-6-8-22(16-21)36-2/h4-14,16H,3,15,17-18H2,1-2H3,(H,29,34)(H,30,33). The van der Waals surface area contributed by atoms with E-state index in [9.17, 15) is 14.4 Å². The van der Waals surface area contributed by atoms with Crippen molar-refractivity contribution in [1.82, 2.24) is 14.9 Å². The highest BCUT2D eigenvalue weighted by atomic mass is 32.2. The summed E-state index contributed by atoms with van der Waals surface area (Å²) in [5.74, 6) is 0.355. The Morgan fingerprint density at radius 2 is 1.81 bits per heavy atom. The van der Waals surface area contributed by atoms with E-state index in [-0.39, 0.29) is 29.7 Å². The SMILES string of the molecule is CCCNC(=O)c1ccc(Cn2c(SCC(=O)Nc3cccc(OC)c3)nc3ccccc3c2=O)cc1. The van der Waals surface area contributed by atoms with Crippen LogP contribution >= 0.6 is 11.8 Å². The van der Waals surface area contributed by atoms with Crippen molar-refractivity contribution in [3.63, 3.8) is 0 Å². The average Bonchev–Trinajstić information content (AvgIpc) is 2.92. The molecule has 0 radical (unpaired) electrons. The summed E-state index contributed by atoms with van der Waals surface area (Å²) in [6.45, 7) is 2.87. The molecule has 9 heteroatoms. The molecular formula is C28H28N4O4S. The van der Waals surface area contributed by atoms with Gasteiger partial charge in [0.15, 0.2) is 5.16 Å². The highest BCUT2D eigenvalue weighted by Gasteiger charge is 2.15. The molecule has 3 aromatic carbocycles. The van der Waals surface area contributed by atoms with Gasteiger partial charge in [0, 0.05) is 23.9 Å². The van der Waals surface area contributed by atoms with Crippen molar-refractivity contribution >= 4 is 40.2 Å². The second-order valence-electron chi connectivity index (χ2n) is 8.32. The van der Waals surface area contributed by atoms with Gasteiger partial charge in [-0.25, -0.2) is 4.98 Å². The number of rotatable bonds is 10. The van der Waals surface area contributed by atoms with Crippen LogP contribution in [0.4, 0.5) is 5.69 Å². The van der Waals surface area contributed by atoms with Crippen molar-refractivity contribution in [1.29, 1.82) is 0 Å². The maximum absolute atomic E-state index is 13.4. The van der Waals surface area contributed by atoms with Gasteiger partial charge >= 0.3 is 0 Å². The third-order valence-electron chi connectivity index (χ3n) is 5.60. The Morgan fingerprint density at radius 1 is 1.03 bits per heavy atom. The fourth-order valence-electron chi connectivity index (χ4n) is 3.71. The number of para-hydroxylation sites is 1. The van der Waals surface area contributed by atoms with Crippen LogP contribution in [0.2, 0.25) is 0 Å². The molecule has 2 N–H and O–H groups in total. The number of nitrogens with one attached hydrogen (secondary N) is 2. The molecule has 0 aliphatic heterocycles. The average molecular weight is 517 g/mol. The number of fused-ring (bicyclic) bond motifs is 1. The lowest BCUT2D eigenvalue weighted by atomic mass is 10.1. The first-order valence-electron chi connectivity index (χ1n) is 11.9. The Labute approximate surface area is 219 Å². The molecule has 0 bridgehead atoms. The minimum absolute atomic E-state index is 0.0680. The first-order valence-corrected chi connectivity index (χ1v) is 12.9. The molecule has 0 unspecified atom stereocenters. The van der Waals surface area contributed by atoms with Crippen molar-refractivity contribution in [2.24, 2.45) is 0 Å². The molecule has 0 atom stereocenters. The lowest BCUT2D eigenvalue weighted by molar-refractivity contribution is -0.113. The van der Waals surface area contributed by atoms with Gasteiger partial charge in [-0.1, -0.05) is 49.0 Å². The van der Waals surface area contributed by atoms with Crippen molar-refractivity contribution < 1.29 is 14.3 Å². The quantitative estimate of drug-likeness (QED) is 0.240. The zero-order chi connectivity index (χ0) is 26.2. The molecular weight excluding hydrogens is 488 g/mol. The Morgan fingerprint density at radius 3 is 2.57 bits per heavy atom. The Balaban J connectivity index is 1.55. The zero-order valence-corrected chi connectivity index (χ0v) is 21.5. The van der Waals surface area contributed by atoms with E-state index in [2.05, 4.69) is 15.6 Å². The highest BCUT2D eigenvalue weighted by Crippen LogP contribution is 2.21. The van der Waals surface area contributed by atoms with E-state index in [4.69, 9.17) is 4.74 Å². The van der Waals surface area contributed by atoms with Gasteiger partial charge in [0.05, 0.1) is 30.3 Å². The third kappa shape index (κ3) is 6.56. The van der Waals surface area contributed by atoms with Crippen LogP contribution in [0, 0.1) is 0 Å². The number of carbonyl (C=O) groups is 2. The summed E-state index contributed by atoms with van der Waals surface area (Å²) < 4.78 is 6.77. The lowest BCUT2D eigenvalue weighted by Crippen LogP contribution is -2.25. The molecule has 2 amide bonds. The number of hydrogen-bond donors (Lipinski definition) is 2. The number of amides is 2. The van der Waals surface area contributed by atoms with Gasteiger partial charge in [0.25, 0.3) is 11.5 Å². The smallest absolute Gasteiger partial charge is 0.262 e. The number of thioether (sulfide) groups is 1. The number of carbonyl (C=O) groups excluding carboxylic acids is 2. The number of methoxy groups -OCH3 is 1. The van der Waals surface area contributed by atoms with Gasteiger partial charge in [-0.2, -0.15) is 0 Å². The van der Waals surface area contributed by atoms with Crippen LogP contribution in [-0.4, -0.2) is 40.8 Å². The molecule has 0 saturated carbocycles. The highest BCUT2D eigenvalue weighted by molar-refractivity contribution is 7.99. The van der Waals surface area contributed by atoms with E-state index >= 15 is 0 Å². The van der Waals surface area contributed by atoms with Crippen LogP contribution in [0.15, 0.2) is 82.7 Å². The summed E-state index contributed by atoms with van der Waals surface area (Å²) in [5, 5.41) is 6.64. The van der Waals surface area contributed by atoms with Crippen molar-refractivity contribution in [2.75, 3.05) is 24.7 Å². The van der Waals surface area contributed by atoms with Crippen LogP contribution in [0.3, 0.4) is 0 Å². The Kier molecular flexibility index (Phi) is 8.58. The van der Waals surface area contributed by atoms with Gasteiger partial charge in [-0.05, 0) is 48.4 Å². The maximum Gasteiger partial charge on any atom is 0.262 e. The summed E-state index contributed by atoms with van der Waals surface area (Å²) in [6, 6.07) is 21.4. The molecule has 37 heavy (non-hydrogen) atoms. The molecule has 4 aromatic rings. The summed E-state index contributed by atoms with van der Waals surface area (Å²) >= 11 is 1.19. The molecule has 1 heterocycles.